The SMILES string of the molecule is CCOc1ccc([C@@H]2CCCN2C(=S)NCc2ccc3c(c2)OCO3)cc1. The first-order valence-corrected chi connectivity index (χ1v) is 9.81. The van der Waals surface area contributed by atoms with Crippen LogP contribution in [0.4, 0.5) is 0 Å². The second-order valence-electron chi connectivity index (χ2n) is 6.70. The Hall–Kier alpha value is -2.47. The lowest BCUT2D eigenvalue weighted by atomic mass is 10.0. The molecule has 2 aliphatic heterocycles. The van der Waals surface area contributed by atoms with Gasteiger partial charge >= 0.3 is 0 Å². The van der Waals surface area contributed by atoms with Crippen LogP contribution in [0.3, 0.4) is 0 Å². The second-order valence-corrected chi connectivity index (χ2v) is 7.09. The van der Waals surface area contributed by atoms with Gasteiger partial charge in [-0.15, -0.1) is 0 Å². The Kier molecular flexibility index (Phi) is 5.34. The minimum absolute atomic E-state index is 0.294. The van der Waals surface area contributed by atoms with Crippen molar-refractivity contribution in [3.63, 3.8) is 0 Å². The van der Waals surface area contributed by atoms with E-state index in [1.807, 2.05) is 37.3 Å². The molecule has 1 saturated heterocycles. The van der Waals surface area contributed by atoms with Crippen molar-refractivity contribution in [2.24, 2.45) is 0 Å². The molecule has 0 aliphatic carbocycles. The third-order valence-electron chi connectivity index (χ3n) is 4.97. The number of likely N-dealkylation sites (tertiary alicyclic amines) is 1. The van der Waals surface area contributed by atoms with E-state index in [1.54, 1.807) is 0 Å². The maximum atomic E-state index is 5.69. The first-order chi connectivity index (χ1) is 13.2. The van der Waals surface area contributed by atoms with Gasteiger partial charge in [-0.3, -0.25) is 0 Å². The number of fused-ring (bicyclic) bond motifs is 1. The molecule has 0 amide bonds. The fraction of sp³-hybridized carbons (Fsp3) is 0.381. The molecule has 0 bridgehead atoms. The van der Waals surface area contributed by atoms with E-state index in [2.05, 4.69) is 22.3 Å². The summed E-state index contributed by atoms with van der Waals surface area (Å²) in [5.74, 6) is 2.51. The zero-order valence-corrected chi connectivity index (χ0v) is 16.3. The van der Waals surface area contributed by atoms with Crippen molar-refractivity contribution in [1.29, 1.82) is 0 Å². The van der Waals surface area contributed by atoms with E-state index in [1.165, 1.54) is 5.56 Å². The Morgan fingerprint density at radius 1 is 1.19 bits per heavy atom. The molecule has 0 radical (unpaired) electrons. The van der Waals surface area contributed by atoms with E-state index in [0.29, 0.717) is 26.0 Å². The number of ether oxygens (including phenoxy) is 3. The summed E-state index contributed by atoms with van der Waals surface area (Å²) >= 11 is 5.69. The van der Waals surface area contributed by atoms with Gasteiger partial charge in [0.15, 0.2) is 16.6 Å². The molecule has 2 aromatic rings. The van der Waals surface area contributed by atoms with Crippen molar-refractivity contribution in [2.45, 2.75) is 32.4 Å². The summed E-state index contributed by atoms with van der Waals surface area (Å²) in [6.45, 7) is 4.62. The van der Waals surface area contributed by atoms with E-state index in [-0.39, 0.29) is 0 Å². The molecule has 1 fully saturated rings. The van der Waals surface area contributed by atoms with Gasteiger partial charge in [-0.25, -0.2) is 0 Å². The van der Waals surface area contributed by atoms with Crippen LogP contribution >= 0.6 is 12.2 Å². The summed E-state index contributed by atoms with van der Waals surface area (Å²) in [5.41, 5.74) is 2.40. The van der Waals surface area contributed by atoms with Gasteiger partial charge in [0.25, 0.3) is 0 Å². The van der Waals surface area contributed by atoms with E-state index in [4.69, 9.17) is 26.4 Å². The summed E-state index contributed by atoms with van der Waals surface area (Å²) < 4.78 is 16.4. The molecule has 1 N–H and O–H groups in total. The Balaban J connectivity index is 1.38. The monoisotopic (exact) mass is 384 g/mol. The predicted octanol–water partition coefficient (Wildman–Crippen LogP) is 4.03. The maximum absolute atomic E-state index is 5.69. The highest BCUT2D eigenvalue weighted by molar-refractivity contribution is 7.80. The average molecular weight is 385 g/mol. The van der Waals surface area contributed by atoms with Crippen molar-refractivity contribution in [2.75, 3.05) is 19.9 Å². The van der Waals surface area contributed by atoms with Crippen LogP contribution in [0.25, 0.3) is 0 Å². The molecular formula is C21H24N2O3S. The Morgan fingerprint density at radius 3 is 2.81 bits per heavy atom. The van der Waals surface area contributed by atoms with Crippen LogP contribution in [0.15, 0.2) is 42.5 Å². The van der Waals surface area contributed by atoms with Gasteiger partial charge in [0.05, 0.1) is 12.6 Å². The number of hydrogen-bond acceptors (Lipinski definition) is 4. The number of hydrogen-bond donors (Lipinski definition) is 1. The molecule has 2 heterocycles. The molecule has 5 nitrogen and oxygen atoms in total. The highest BCUT2D eigenvalue weighted by Crippen LogP contribution is 2.34. The molecule has 2 aliphatic rings. The van der Waals surface area contributed by atoms with Crippen LogP contribution in [0.2, 0.25) is 0 Å². The fourth-order valence-electron chi connectivity index (χ4n) is 3.64. The van der Waals surface area contributed by atoms with Gasteiger partial charge in [-0.2, -0.15) is 0 Å². The first-order valence-electron chi connectivity index (χ1n) is 9.40. The average Bonchev–Trinajstić information content (AvgIpc) is 3.36. The lowest BCUT2D eigenvalue weighted by molar-refractivity contribution is 0.174. The highest BCUT2D eigenvalue weighted by Gasteiger charge is 2.27. The van der Waals surface area contributed by atoms with Crippen LogP contribution in [0, 0.1) is 0 Å². The van der Waals surface area contributed by atoms with Crippen molar-refractivity contribution >= 4 is 17.3 Å². The van der Waals surface area contributed by atoms with E-state index in [9.17, 15) is 0 Å². The zero-order valence-electron chi connectivity index (χ0n) is 15.4. The molecule has 2 aromatic carbocycles. The van der Waals surface area contributed by atoms with E-state index >= 15 is 0 Å². The number of nitrogens with zero attached hydrogens (tertiary/aromatic N) is 1. The Labute approximate surface area is 165 Å². The van der Waals surface area contributed by atoms with Gasteiger partial charge in [-0.05, 0) is 67.4 Å². The van der Waals surface area contributed by atoms with Crippen LogP contribution in [0.5, 0.6) is 17.2 Å². The summed E-state index contributed by atoms with van der Waals surface area (Å²) in [6, 6.07) is 14.7. The summed E-state index contributed by atoms with van der Waals surface area (Å²) in [6.07, 6.45) is 2.25. The Bertz CT molecular complexity index is 810. The smallest absolute Gasteiger partial charge is 0.231 e. The molecular weight excluding hydrogens is 360 g/mol. The van der Waals surface area contributed by atoms with Crippen LogP contribution in [-0.4, -0.2) is 30.0 Å². The van der Waals surface area contributed by atoms with E-state index < -0.39 is 0 Å². The molecule has 27 heavy (non-hydrogen) atoms. The fourth-order valence-corrected chi connectivity index (χ4v) is 3.93. The van der Waals surface area contributed by atoms with Gasteiger partial charge in [0, 0.05) is 13.1 Å². The van der Waals surface area contributed by atoms with Gasteiger partial charge in [0.1, 0.15) is 5.75 Å². The van der Waals surface area contributed by atoms with Gasteiger partial charge < -0.3 is 24.4 Å². The quantitative estimate of drug-likeness (QED) is 0.786. The predicted molar refractivity (Wildman–Crippen MR) is 108 cm³/mol. The molecule has 6 heteroatoms. The molecule has 142 valence electrons. The molecule has 0 aromatic heterocycles. The molecule has 0 spiro atoms. The van der Waals surface area contributed by atoms with Crippen LogP contribution in [-0.2, 0) is 6.54 Å². The number of nitrogens with one attached hydrogen (secondary N) is 1. The van der Waals surface area contributed by atoms with Crippen molar-refractivity contribution in [3.8, 4) is 17.2 Å². The summed E-state index contributed by atoms with van der Waals surface area (Å²) in [7, 11) is 0. The molecule has 0 saturated carbocycles. The largest absolute Gasteiger partial charge is 0.494 e. The first kappa shape index (κ1) is 17.9. The molecule has 1 atom stereocenters. The topological polar surface area (TPSA) is 43.0 Å². The van der Waals surface area contributed by atoms with Crippen LogP contribution < -0.4 is 19.5 Å². The minimum atomic E-state index is 0.294. The van der Waals surface area contributed by atoms with E-state index in [0.717, 1.165) is 47.3 Å². The van der Waals surface area contributed by atoms with Gasteiger partial charge in [-0.1, -0.05) is 18.2 Å². The van der Waals surface area contributed by atoms with Crippen molar-refractivity contribution < 1.29 is 14.2 Å². The summed E-state index contributed by atoms with van der Waals surface area (Å²) in [4.78, 5) is 2.29. The lowest BCUT2D eigenvalue weighted by Gasteiger charge is -2.28. The Morgan fingerprint density at radius 2 is 2.00 bits per heavy atom. The second kappa shape index (κ2) is 8.05. The van der Waals surface area contributed by atoms with Crippen LogP contribution in [0.1, 0.15) is 36.9 Å². The maximum Gasteiger partial charge on any atom is 0.231 e. The number of thiocarbonyl (C=S) groups is 1. The third-order valence-corrected chi connectivity index (χ3v) is 5.35. The lowest BCUT2D eigenvalue weighted by Crippen LogP contribution is -2.38. The standard InChI is InChI=1S/C21H24N2O3S/c1-2-24-17-8-6-16(7-9-17)18-4-3-11-23(18)21(27)22-13-15-5-10-19-20(12-15)26-14-25-19/h5-10,12,18H,2-4,11,13-14H2,1H3,(H,22,27)/t18-/m0/s1. The molecule has 4 rings (SSSR count). The normalized spacial score (nSPS) is 17.8. The highest BCUT2D eigenvalue weighted by atomic mass is 32.1. The summed E-state index contributed by atoms with van der Waals surface area (Å²) in [5, 5.41) is 4.20. The van der Waals surface area contributed by atoms with Gasteiger partial charge in [0.2, 0.25) is 6.79 Å². The zero-order chi connectivity index (χ0) is 18.6. The van der Waals surface area contributed by atoms with Crippen molar-refractivity contribution in [3.05, 3.63) is 53.6 Å². The minimum Gasteiger partial charge on any atom is -0.494 e. The number of benzene rings is 2. The third kappa shape index (κ3) is 3.95. The number of rotatable bonds is 5. The molecule has 0 unspecified atom stereocenters. The van der Waals surface area contributed by atoms with Crippen molar-refractivity contribution in [1.82, 2.24) is 10.2 Å².